The number of rotatable bonds is 4. The van der Waals surface area contributed by atoms with Gasteiger partial charge in [-0.3, -0.25) is 20.0 Å². The number of nitriles is 1. The molecule has 1 fully saturated rings. The van der Waals surface area contributed by atoms with Gasteiger partial charge in [0, 0.05) is 57.3 Å². The Bertz CT molecular complexity index is 764. The minimum absolute atomic E-state index is 0.0505. The zero-order valence-corrected chi connectivity index (χ0v) is 13.1. The van der Waals surface area contributed by atoms with E-state index >= 15 is 0 Å². The molecule has 24 heavy (non-hydrogen) atoms. The van der Waals surface area contributed by atoms with Crippen LogP contribution in [0, 0.1) is 21.4 Å². The molecule has 2 heterocycles. The highest BCUT2D eigenvalue weighted by Crippen LogP contribution is 2.26. The normalized spacial score (nSPS) is 15.0. The Morgan fingerprint density at radius 3 is 2.67 bits per heavy atom. The summed E-state index contributed by atoms with van der Waals surface area (Å²) in [6.45, 7) is 4.17. The Morgan fingerprint density at radius 2 is 2.04 bits per heavy atom. The second kappa shape index (κ2) is 7.06. The molecular weight excluding hydrogens is 306 g/mol. The molecule has 1 aliphatic rings. The van der Waals surface area contributed by atoms with Crippen molar-refractivity contribution in [3.63, 3.8) is 0 Å². The van der Waals surface area contributed by atoms with E-state index in [0.29, 0.717) is 5.56 Å². The van der Waals surface area contributed by atoms with E-state index in [1.54, 1.807) is 12.3 Å². The first kappa shape index (κ1) is 15.9. The van der Waals surface area contributed by atoms with Gasteiger partial charge in [-0.2, -0.15) is 5.26 Å². The van der Waals surface area contributed by atoms with Gasteiger partial charge in [-0.25, -0.2) is 0 Å². The molecule has 122 valence electrons. The van der Waals surface area contributed by atoms with Crippen molar-refractivity contribution in [2.24, 2.45) is 0 Å². The van der Waals surface area contributed by atoms with Crippen LogP contribution in [0.2, 0.25) is 0 Å². The lowest BCUT2D eigenvalue weighted by atomic mass is 10.1. The van der Waals surface area contributed by atoms with Crippen molar-refractivity contribution in [2.75, 3.05) is 31.1 Å². The molecule has 0 bridgehead atoms. The average Bonchev–Trinajstić information content (AvgIpc) is 2.62. The second-order valence-electron chi connectivity index (χ2n) is 5.69. The number of hydrogen-bond acceptors (Lipinski definition) is 6. The van der Waals surface area contributed by atoms with Crippen LogP contribution < -0.4 is 4.90 Å². The minimum atomic E-state index is -0.476. The van der Waals surface area contributed by atoms with Crippen molar-refractivity contribution < 1.29 is 4.92 Å². The molecule has 0 atom stereocenters. The van der Waals surface area contributed by atoms with Gasteiger partial charge in [-0.1, -0.05) is 6.07 Å². The number of benzene rings is 1. The molecular formula is C17H17N5O2. The predicted octanol–water partition coefficient (Wildman–Crippen LogP) is 2.18. The first-order chi connectivity index (χ1) is 11.7. The molecule has 1 aromatic carbocycles. The Hall–Kier alpha value is -2.98. The number of hydrogen-bond donors (Lipinski definition) is 0. The van der Waals surface area contributed by atoms with Crippen molar-refractivity contribution in [1.82, 2.24) is 9.88 Å². The molecule has 0 N–H and O–H groups in total. The Labute approximate surface area is 139 Å². The first-order valence-electron chi connectivity index (χ1n) is 7.72. The van der Waals surface area contributed by atoms with E-state index in [1.165, 1.54) is 17.7 Å². The summed E-state index contributed by atoms with van der Waals surface area (Å²) in [6, 6.07) is 10.5. The third-order valence-electron chi connectivity index (χ3n) is 4.15. The highest BCUT2D eigenvalue weighted by Gasteiger charge is 2.21. The summed E-state index contributed by atoms with van der Waals surface area (Å²) in [5.74, 6) is 0. The minimum Gasteiger partial charge on any atom is -0.368 e. The van der Waals surface area contributed by atoms with Crippen molar-refractivity contribution in [1.29, 1.82) is 5.26 Å². The number of non-ortho nitro benzene ring substituents is 1. The second-order valence-corrected chi connectivity index (χ2v) is 5.69. The Kier molecular flexibility index (Phi) is 4.68. The van der Waals surface area contributed by atoms with E-state index in [4.69, 9.17) is 0 Å². The van der Waals surface area contributed by atoms with E-state index in [9.17, 15) is 15.4 Å². The molecule has 0 spiro atoms. The molecule has 1 saturated heterocycles. The summed E-state index contributed by atoms with van der Waals surface area (Å²) in [5.41, 5.74) is 2.25. The lowest BCUT2D eigenvalue weighted by molar-refractivity contribution is -0.384. The summed E-state index contributed by atoms with van der Waals surface area (Å²) in [4.78, 5) is 18.9. The SMILES string of the molecule is N#Cc1cc([N+](=O)[O-])ccc1N1CCN(Cc2cccnc2)CC1. The van der Waals surface area contributed by atoms with E-state index in [0.717, 1.165) is 38.4 Å². The molecule has 0 amide bonds. The van der Waals surface area contributed by atoms with Gasteiger partial charge >= 0.3 is 0 Å². The smallest absolute Gasteiger partial charge is 0.270 e. The van der Waals surface area contributed by atoms with Crippen LogP contribution in [-0.2, 0) is 6.54 Å². The quantitative estimate of drug-likeness (QED) is 0.633. The summed E-state index contributed by atoms with van der Waals surface area (Å²) in [7, 11) is 0. The van der Waals surface area contributed by atoms with Crippen molar-refractivity contribution in [3.8, 4) is 6.07 Å². The maximum Gasteiger partial charge on any atom is 0.270 e. The van der Waals surface area contributed by atoms with Gasteiger partial charge in [-0.05, 0) is 17.7 Å². The van der Waals surface area contributed by atoms with Crippen LogP contribution in [0.5, 0.6) is 0 Å². The van der Waals surface area contributed by atoms with E-state index in [-0.39, 0.29) is 5.69 Å². The molecule has 0 unspecified atom stereocenters. The van der Waals surface area contributed by atoms with E-state index in [2.05, 4.69) is 26.9 Å². The van der Waals surface area contributed by atoms with Gasteiger partial charge in [0.1, 0.15) is 6.07 Å². The van der Waals surface area contributed by atoms with Gasteiger partial charge in [-0.15, -0.1) is 0 Å². The van der Waals surface area contributed by atoms with Gasteiger partial charge in [0.15, 0.2) is 0 Å². The standard InChI is InChI=1S/C17H17N5O2/c18-11-15-10-16(22(23)24)3-4-17(15)21-8-6-20(7-9-21)13-14-2-1-5-19-12-14/h1-5,10,12H,6-9,13H2. The molecule has 2 aromatic rings. The summed E-state index contributed by atoms with van der Waals surface area (Å²) in [6.07, 6.45) is 3.63. The van der Waals surface area contributed by atoms with Gasteiger partial charge in [0.05, 0.1) is 16.2 Å². The van der Waals surface area contributed by atoms with Gasteiger partial charge in [0.25, 0.3) is 5.69 Å². The number of piperazine rings is 1. The third kappa shape index (κ3) is 3.50. The predicted molar refractivity (Wildman–Crippen MR) is 89.5 cm³/mol. The van der Waals surface area contributed by atoms with Gasteiger partial charge < -0.3 is 4.90 Å². The average molecular weight is 323 g/mol. The summed E-state index contributed by atoms with van der Waals surface area (Å²) < 4.78 is 0. The number of nitro benzene ring substituents is 1. The number of aromatic nitrogens is 1. The van der Waals surface area contributed by atoms with Crippen LogP contribution in [0.3, 0.4) is 0 Å². The van der Waals surface area contributed by atoms with Crippen molar-refractivity contribution >= 4 is 11.4 Å². The van der Waals surface area contributed by atoms with Gasteiger partial charge in [0.2, 0.25) is 0 Å². The van der Waals surface area contributed by atoms with Crippen LogP contribution in [0.1, 0.15) is 11.1 Å². The molecule has 7 heteroatoms. The number of nitro groups is 1. The zero-order valence-electron chi connectivity index (χ0n) is 13.1. The molecule has 7 nitrogen and oxygen atoms in total. The maximum absolute atomic E-state index is 10.8. The fourth-order valence-corrected chi connectivity index (χ4v) is 2.90. The van der Waals surface area contributed by atoms with E-state index in [1.807, 2.05) is 12.3 Å². The monoisotopic (exact) mass is 323 g/mol. The molecule has 1 aromatic heterocycles. The van der Waals surface area contributed by atoms with Crippen LogP contribution in [0.15, 0.2) is 42.7 Å². The summed E-state index contributed by atoms with van der Waals surface area (Å²) in [5, 5.41) is 20.1. The lowest BCUT2D eigenvalue weighted by Crippen LogP contribution is -2.46. The third-order valence-corrected chi connectivity index (χ3v) is 4.15. The number of anilines is 1. The topological polar surface area (TPSA) is 86.3 Å². The molecule has 0 radical (unpaired) electrons. The summed E-state index contributed by atoms with van der Waals surface area (Å²) >= 11 is 0. The van der Waals surface area contributed by atoms with Crippen molar-refractivity contribution in [3.05, 3.63) is 64.0 Å². The maximum atomic E-state index is 10.8. The number of nitrogens with zero attached hydrogens (tertiary/aromatic N) is 5. The van der Waals surface area contributed by atoms with Crippen molar-refractivity contribution in [2.45, 2.75) is 6.54 Å². The molecule has 1 aliphatic heterocycles. The first-order valence-corrected chi connectivity index (χ1v) is 7.72. The fraction of sp³-hybridized carbons (Fsp3) is 0.294. The van der Waals surface area contributed by atoms with Crippen LogP contribution >= 0.6 is 0 Å². The Morgan fingerprint density at radius 1 is 1.25 bits per heavy atom. The zero-order chi connectivity index (χ0) is 16.9. The highest BCUT2D eigenvalue weighted by atomic mass is 16.6. The lowest BCUT2D eigenvalue weighted by Gasteiger charge is -2.36. The molecule has 0 aliphatic carbocycles. The largest absolute Gasteiger partial charge is 0.368 e. The fourth-order valence-electron chi connectivity index (χ4n) is 2.90. The van der Waals surface area contributed by atoms with Crippen LogP contribution in [0.25, 0.3) is 0 Å². The molecule has 0 saturated carbocycles. The van der Waals surface area contributed by atoms with E-state index < -0.39 is 4.92 Å². The Balaban J connectivity index is 1.66. The van der Waals surface area contributed by atoms with Crippen LogP contribution in [0.4, 0.5) is 11.4 Å². The number of pyridine rings is 1. The molecule has 3 rings (SSSR count). The van der Waals surface area contributed by atoms with Crippen LogP contribution in [-0.4, -0.2) is 41.0 Å². The highest BCUT2D eigenvalue weighted by molar-refractivity contribution is 5.63.